The van der Waals surface area contributed by atoms with Crippen LogP contribution >= 0.6 is 11.6 Å². The predicted molar refractivity (Wildman–Crippen MR) is 106 cm³/mol. The van der Waals surface area contributed by atoms with Crippen molar-refractivity contribution in [3.63, 3.8) is 0 Å². The topological polar surface area (TPSA) is 47.4 Å². The maximum Gasteiger partial charge on any atom is 0.222 e. The summed E-state index contributed by atoms with van der Waals surface area (Å²) in [7, 11) is 0. The lowest BCUT2D eigenvalue weighted by Gasteiger charge is -2.25. The van der Waals surface area contributed by atoms with E-state index in [9.17, 15) is 4.79 Å². The molecule has 1 aromatic carbocycles. The van der Waals surface area contributed by atoms with Crippen molar-refractivity contribution in [3.05, 3.63) is 53.6 Å². The smallest absolute Gasteiger partial charge is 0.222 e. The van der Waals surface area contributed by atoms with Crippen molar-refractivity contribution in [2.45, 2.75) is 45.2 Å². The lowest BCUT2D eigenvalue weighted by Crippen LogP contribution is -2.33. The molecule has 5 nitrogen and oxygen atoms in total. The van der Waals surface area contributed by atoms with Gasteiger partial charge < -0.3 is 14.2 Å². The summed E-state index contributed by atoms with van der Waals surface area (Å²) in [5, 5.41) is 0.703. The molecule has 0 bridgehead atoms. The zero-order valence-corrected chi connectivity index (χ0v) is 16.5. The van der Waals surface area contributed by atoms with Crippen molar-refractivity contribution in [2.24, 2.45) is 5.92 Å². The Bertz CT molecular complexity index is 699. The standard InChI is InChI=1S/C21H28ClN3O2/c22-20-5-1-4-19(15-20)16-25(12-11-24-10-9-23-17-24)21(26)6-2-3-18-7-13-27-14-8-18/h1,4-5,9-10,15,17-18H,2-3,6-8,11-14,16H2. The number of amides is 1. The van der Waals surface area contributed by atoms with Gasteiger partial charge in [0.05, 0.1) is 6.33 Å². The van der Waals surface area contributed by atoms with Gasteiger partial charge in [-0.05, 0) is 49.3 Å². The van der Waals surface area contributed by atoms with Crippen LogP contribution in [0.3, 0.4) is 0 Å². The van der Waals surface area contributed by atoms with E-state index in [1.54, 1.807) is 12.5 Å². The van der Waals surface area contributed by atoms with E-state index in [0.717, 1.165) is 51.0 Å². The summed E-state index contributed by atoms with van der Waals surface area (Å²) >= 11 is 6.11. The Hall–Kier alpha value is -1.85. The fourth-order valence-corrected chi connectivity index (χ4v) is 3.75. The number of imidazole rings is 1. The molecule has 0 atom stereocenters. The summed E-state index contributed by atoms with van der Waals surface area (Å²) in [5.74, 6) is 0.918. The molecule has 3 rings (SSSR count). The summed E-state index contributed by atoms with van der Waals surface area (Å²) in [6, 6.07) is 7.74. The van der Waals surface area contributed by atoms with Crippen molar-refractivity contribution in [1.82, 2.24) is 14.5 Å². The minimum absolute atomic E-state index is 0.210. The number of hydrogen-bond donors (Lipinski definition) is 0. The van der Waals surface area contributed by atoms with Gasteiger partial charge in [0.15, 0.2) is 0 Å². The van der Waals surface area contributed by atoms with Crippen LogP contribution in [0.5, 0.6) is 0 Å². The Balaban J connectivity index is 1.54. The van der Waals surface area contributed by atoms with E-state index in [0.29, 0.717) is 30.5 Å². The third-order valence-corrected chi connectivity index (χ3v) is 5.38. The molecule has 1 saturated heterocycles. The molecule has 2 aromatic rings. The van der Waals surface area contributed by atoms with Crippen molar-refractivity contribution >= 4 is 17.5 Å². The van der Waals surface area contributed by atoms with Crippen LogP contribution in [-0.4, -0.2) is 40.1 Å². The zero-order valence-electron chi connectivity index (χ0n) is 15.7. The van der Waals surface area contributed by atoms with E-state index in [1.807, 2.05) is 39.9 Å². The van der Waals surface area contributed by atoms with Crippen LogP contribution in [-0.2, 0) is 22.6 Å². The molecule has 0 spiro atoms. The van der Waals surface area contributed by atoms with Crippen molar-refractivity contribution in [3.8, 4) is 0 Å². The summed E-state index contributed by atoms with van der Waals surface area (Å²) in [6.45, 7) is 3.73. The average Bonchev–Trinajstić information content (AvgIpc) is 3.19. The molecule has 1 fully saturated rings. The number of ether oxygens (including phenoxy) is 1. The van der Waals surface area contributed by atoms with Gasteiger partial charge in [0.1, 0.15) is 0 Å². The molecular formula is C21H28ClN3O2. The largest absolute Gasteiger partial charge is 0.381 e. The molecule has 1 aromatic heterocycles. The molecule has 6 heteroatoms. The van der Waals surface area contributed by atoms with Gasteiger partial charge in [-0.15, -0.1) is 0 Å². The Morgan fingerprint density at radius 3 is 2.93 bits per heavy atom. The van der Waals surface area contributed by atoms with Gasteiger partial charge in [-0.25, -0.2) is 4.98 Å². The van der Waals surface area contributed by atoms with E-state index in [2.05, 4.69) is 4.98 Å². The maximum absolute atomic E-state index is 12.9. The number of hydrogen-bond acceptors (Lipinski definition) is 3. The number of rotatable bonds is 9. The van der Waals surface area contributed by atoms with Crippen molar-refractivity contribution in [2.75, 3.05) is 19.8 Å². The van der Waals surface area contributed by atoms with Crippen molar-refractivity contribution in [1.29, 1.82) is 0 Å². The molecule has 0 aliphatic carbocycles. The number of nitrogens with zero attached hydrogens (tertiary/aromatic N) is 3. The molecule has 1 aliphatic heterocycles. The van der Waals surface area contributed by atoms with E-state index in [4.69, 9.17) is 16.3 Å². The average molecular weight is 390 g/mol. The van der Waals surface area contributed by atoms with E-state index in [1.165, 1.54) is 0 Å². The summed E-state index contributed by atoms with van der Waals surface area (Å²) in [5.41, 5.74) is 1.06. The minimum Gasteiger partial charge on any atom is -0.381 e. The highest BCUT2D eigenvalue weighted by Gasteiger charge is 2.17. The first kappa shape index (κ1) is 19.9. The molecule has 146 valence electrons. The van der Waals surface area contributed by atoms with E-state index in [-0.39, 0.29) is 5.91 Å². The first-order valence-corrected chi connectivity index (χ1v) is 10.1. The Morgan fingerprint density at radius 2 is 2.19 bits per heavy atom. The molecule has 27 heavy (non-hydrogen) atoms. The zero-order chi connectivity index (χ0) is 18.9. The van der Waals surface area contributed by atoms with Gasteiger partial charge in [-0.2, -0.15) is 0 Å². The molecule has 2 heterocycles. The Morgan fingerprint density at radius 1 is 1.33 bits per heavy atom. The number of halogens is 1. The van der Waals surface area contributed by atoms with Gasteiger partial charge in [-0.1, -0.05) is 23.7 Å². The maximum atomic E-state index is 12.9. The highest BCUT2D eigenvalue weighted by Crippen LogP contribution is 2.21. The van der Waals surface area contributed by atoms with Crippen LogP contribution in [0, 0.1) is 5.92 Å². The van der Waals surface area contributed by atoms with Crippen LogP contribution in [0.1, 0.15) is 37.7 Å². The molecule has 1 amide bonds. The van der Waals surface area contributed by atoms with Crippen molar-refractivity contribution < 1.29 is 9.53 Å². The minimum atomic E-state index is 0.210. The van der Waals surface area contributed by atoms with Crippen LogP contribution < -0.4 is 0 Å². The molecule has 0 radical (unpaired) electrons. The van der Waals surface area contributed by atoms with E-state index >= 15 is 0 Å². The second-order valence-corrected chi connectivity index (χ2v) is 7.63. The fourth-order valence-electron chi connectivity index (χ4n) is 3.54. The van der Waals surface area contributed by atoms with E-state index < -0.39 is 0 Å². The van der Waals surface area contributed by atoms with Crippen LogP contribution in [0.2, 0.25) is 5.02 Å². The number of carbonyl (C=O) groups excluding carboxylic acids is 1. The third kappa shape index (κ3) is 6.67. The highest BCUT2D eigenvalue weighted by molar-refractivity contribution is 6.30. The van der Waals surface area contributed by atoms with Crippen LogP contribution in [0.4, 0.5) is 0 Å². The molecule has 1 aliphatic rings. The fraction of sp³-hybridized carbons (Fsp3) is 0.524. The molecule has 0 N–H and O–H groups in total. The molecule has 0 saturated carbocycles. The first-order valence-electron chi connectivity index (χ1n) is 9.76. The first-order chi connectivity index (χ1) is 13.2. The lowest BCUT2D eigenvalue weighted by atomic mass is 9.94. The molecular weight excluding hydrogens is 362 g/mol. The van der Waals surface area contributed by atoms with Gasteiger partial charge in [-0.3, -0.25) is 4.79 Å². The number of carbonyl (C=O) groups is 1. The monoisotopic (exact) mass is 389 g/mol. The second kappa shape index (κ2) is 10.5. The predicted octanol–water partition coefficient (Wildman–Crippen LogP) is 4.16. The van der Waals surface area contributed by atoms with Crippen LogP contribution in [0.15, 0.2) is 43.0 Å². The normalized spacial score (nSPS) is 15.0. The number of aromatic nitrogens is 2. The number of benzene rings is 1. The SMILES string of the molecule is O=C(CCCC1CCOCC1)N(CCn1ccnc1)Cc1cccc(Cl)c1. The van der Waals surface area contributed by atoms with Gasteiger partial charge in [0.2, 0.25) is 5.91 Å². The summed E-state index contributed by atoms with van der Waals surface area (Å²) in [4.78, 5) is 18.9. The second-order valence-electron chi connectivity index (χ2n) is 7.19. The highest BCUT2D eigenvalue weighted by atomic mass is 35.5. The van der Waals surface area contributed by atoms with Gasteiger partial charge in [0, 0.05) is 56.7 Å². The quantitative estimate of drug-likeness (QED) is 0.646. The third-order valence-electron chi connectivity index (χ3n) is 5.15. The Labute approximate surface area is 166 Å². The lowest BCUT2D eigenvalue weighted by molar-refractivity contribution is -0.132. The van der Waals surface area contributed by atoms with Gasteiger partial charge >= 0.3 is 0 Å². The molecule has 0 unspecified atom stereocenters. The van der Waals surface area contributed by atoms with Gasteiger partial charge in [0.25, 0.3) is 0 Å². The van der Waals surface area contributed by atoms with Crippen LogP contribution in [0.25, 0.3) is 0 Å². The summed E-state index contributed by atoms with van der Waals surface area (Å²) in [6.07, 6.45) is 10.4. The Kier molecular flexibility index (Phi) is 7.72. The summed E-state index contributed by atoms with van der Waals surface area (Å²) < 4.78 is 7.42.